The van der Waals surface area contributed by atoms with Crippen molar-refractivity contribution in [2.45, 2.75) is 31.3 Å². The highest BCUT2D eigenvalue weighted by Crippen LogP contribution is 2.38. The van der Waals surface area contributed by atoms with E-state index in [0.717, 1.165) is 31.0 Å². The summed E-state index contributed by atoms with van der Waals surface area (Å²) in [7, 11) is 0. The van der Waals surface area contributed by atoms with Crippen molar-refractivity contribution in [1.82, 2.24) is 0 Å². The second-order valence-electron chi connectivity index (χ2n) is 5.30. The molecule has 3 heteroatoms. The number of benzene rings is 1. The van der Waals surface area contributed by atoms with Gasteiger partial charge in [0.15, 0.2) is 0 Å². The van der Waals surface area contributed by atoms with Gasteiger partial charge >= 0.3 is 0 Å². The minimum atomic E-state index is -0.142. The van der Waals surface area contributed by atoms with Crippen molar-refractivity contribution in [3.8, 4) is 5.75 Å². The number of thioether (sulfide) groups is 1. The Morgan fingerprint density at radius 3 is 3.06 bits per heavy atom. The van der Waals surface area contributed by atoms with E-state index in [4.69, 9.17) is 4.74 Å². The number of ether oxygens (including phenoxy) is 1. The van der Waals surface area contributed by atoms with E-state index in [9.17, 15) is 5.11 Å². The molecule has 1 saturated heterocycles. The highest BCUT2D eigenvalue weighted by atomic mass is 32.2. The summed E-state index contributed by atoms with van der Waals surface area (Å²) in [5.74, 6) is 4.33. The average Bonchev–Trinajstić information content (AvgIpc) is 2.93. The molecule has 1 fully saturated rings. The topological polar surface area (TPSA) is 29.5 Å². The van der Waals surface area contributed by atoms with Gasteiger partial charge in [-0.1, -0.05) is 18.2 Å². The fourth-order valence-corrected chi connectivity index (χ4v) is 4.33. The summed E-state index contributed by atoms with van der Waals surface area (Å²) in [6.07, 6.45) is 2.96. The summed E-state index contributed by atoms with van der Waals surface area (Å²) >= 11 is 1.97. The van der Waals surface area contributed by atoms with Gasteiger partial charge in [-0.05, 0) is 54.2 Å². The molecular formula is C15H20O2S. The molecule has 98 valence electrons. The van der Waals surface area contributed by atoms with Crippen LogP contribution in [0.4, 0.5) is 0 Å². The van der Waals surface area contributed by atoms with Crippen LogP contribution in [0.3, 0.4) is 0 Å². The van der Waals surface area contributed by atoms with Crippen LogP contribution in [0, 0.1) is 5.92 Å². The van der Waals surface area contributed by atoms with Gasteiger partial charge in [-0.15, -0.1) is 0 Å². The zero-order valence-corrected chi connectivity index (χ0v) is 11.4. The standard InChI is InChI=1S/C15H20O2S/c16-14(12-6-8-18-10-12)9-11-5-7-17-15-4-2-1-3-13(11)15/h1-4,11-12,14,16H,5-10H2. The van der Waals surface area contributed by atoms with Crippen molar-refractivity contribution in [2.75, 3.05) is 18.1 Å². The first-order chi connectivity index (χ1) is 8.84. The first kappa shape index (κ1) is 12.4. The number of hydrogen-bond donors (Lipinski definition) is 1. The maximum atomic E-state index is 10.4. The summed E-state index contributed by atoms with van der Waals surface area (Å²) in [5, 5.41) is 10.4. The molecule has 0 saturated carbocycles. The van der Waals surface area contributed by atoms with Gasteiger partial charge in [0.05, 0.1) is 12.7 Å². The zero-order valence-electron chi connectivity index (χ0n) is 10.5. The number of fused-ring (bicyclic) bond motifs is 1. The first-order valence-electron chi connectivity index (χ1n) is 6.82. The van der Waals surface area contributed by atoms with Crippen LogP contribution in [0.1, 0.15) is 30.7 Å². The first-order valence-corrected chi connectivity index (χ1v) is 7.97. The van der Waals surface area contributed by atoms with Gasteiger partial charge in [-0.25, -0.2) is 0 Å². The number of hydrogen-bond acceptors (Lipinski definition) is 3. The molecular weight excluding hydrogens is 244 g/mol. The predicted molar refractivity (Wildman–Crippen MR) is 75.4 cm³/mol. The van der Waals surface area contributed by atoms with E-state index in [1.165, 1.54) is 17.7 Å². The van der Waals surface area contributed by atoms with Gasteiger partial charge in [0.1, 0.15) is 5.75 Å². The van der Waals surface area contributed by atoms with Gasteiger partial charge < -0.3 is 9.84 Å². The molecule has 0 bridgehead atoms. The monoisotopic (exact) mass is 264 g/mol. The number of aliphatic hydroxyl groups excluding tert-OH is 1. The average molecular weight is 264 g/mol. The Balaban J connectivity index is 1.70. The predicted octanol–water partition coefficient (Wildman–Crippen LogP) is 3.06. The molecule has 0 radical (unpaired) electrons. The van der Waals surface area contributed by atoms with Gasteiger partial charge in [-0.2, -0.15) is 11.8 Å². The van der Waals surface area contributed by atoms with Crippen molar-refractivity contribution in [3.63, 3.8) is 0 Å². The van der Waals surface area contributed by atoms with Crippen molar-refractivity contribution in [1.29, 1.82) is 0 Å². The smallest absolute Gasteiger partial charge is 0.122 e. The van der Waals surface area contributed by atoms with Crippen molar-refractivity contribution >= 4 is 11.8 Å². The normalized spacial score (nSPS) is 28.5. The molecule has 2 heterocycles. The Hall–Kier alpha value is -0.670. The lowest BCUT2D eigenvalue weighted by Gasteiger charge is -2.29. The molecule has 0 aliphatic carbocycles. The third-order valence-corrected chi connectivity index (χ3v) is 5.31. The number of para-hydroxylation sites is 1. The van der Waals surface area contributed by atoms with E-state index in [0.29, 0.717) is 11.8 Å². The molecule has 1 aromatic carbocycles. The van der Waals surface area contributed by atoms with Crippen LogP contribution in [0.15, 0.2) is 24.3 Å². The largest absolute Gasteiger partial charge is 0.493 e. The maximum Gasteiger partial charge on any atom is 0.122 e. The summed E-state index contributed by atoms with van der Waals surface area (Å²) < 4.78 is 5.67. The fourth-order valence-electron chi connectivity index (χ4n) is 3.00. The molecule has 3 atom stereocenters. The van der Waals surface area contributed by atoms with Gasteiger partial charge in [0, 0.05) is 0 Å². The molecule has 1 aromatic rings. The molecule has 3 rings (SSSR count). The van der Waals surface area contributed by atoms with Crippen LogP contribution in [-0.4, -0.2) is 29.3 Å². The van der Waals surface area contributed by atoms with Crippen LogP contribution in [0.25, 0.3) is 0 Å². The Bertz CT molecular complexity index is 401. The third-order valence-electron chi connectivity index (χ3n) is 4.12. The lowest BCUT2D eigenvalue weighted by atomic mass is 9.85. The second kappa shape index (κ2) is 5.54. The van der Waals surface area contributed by atoms with E-state index >= 15 is 0 Å². The van der Waals surface area contributed by atoms with E-state index in [-0.39, 0.29) is 6.10 Å². The molecule has 2 nitrogen and oxygen atoms in total. The van der Waals surface area contributed by atoms with Crippen molar-refractivity contribution < 1.29 is 9.84 Å². The highest BCUT2D eigenvalue weighted by Gasteiger charge is 2.29. The second-order valence-corrected chi connectivity index (χ2v) is 6.45. The summed E-state index contributed by atoms with van der Waals surface area (Å²) in [5.41, 5.74) is 1.29. The van der Waals surface area contributed by atoms with Crippen LogP contribution >= 0.6 is 11.8 Å². The maximum absolute atomic E-state index is 10.4. The lowest BCUT2D eigenvalue weighted by Crippen LogP contribution is -2.25. The van der Waals surface area contributed by atoms with E-state index in [2.05, 4.69) is 12.1 Å². The summed E-state index contributed by atoms with van der Waals surface area (Å²) in [4.78, 5) is 0. The molecule has 1 N–H and O–H groups in total. The SMILES string of the molecule is OC(CC1CCOc2ccccc21)C1CCSC1. The lowest BCUT2D eigenvalue weighted by molar-refractivity contribution is 0.0961. The molecule has 2 aliphatic rings. The number of aliphatic hydroxyl groups is 1. The summed E-state index contributed by atoms with van der Waals surface area (Å²) in [6.45, 7) is 0.786. The fraction of sp³-hybridized carbons (Fsp3) is 0.600. The molecule has 3 unspecified atom stereocenters. The van der Waals surface area contributed by atoms with Gasteiger partial charge in [0.25, 0.3) is 0 Å². The Labute approximate surface area is 113 Å². The van der Waals surface area contributed by atoms with Crippen molar-refractivity contribution in [2.24, 2.45) is 5.92 Å². The van der Waals surface area contributed by atoms with Crippen molar-refractivity contribution in [3.05, 3.63) is 29.8 Å². The van der Waals surface area contributed by atoms with Crippen LogP contribution in [0.2, 0.25) is 0 Å². The van der Waals surface area contributed by atoms with Crippen LogP contribution in [0.5, 0.6) is 5.75 Å². The highest BCUT2D eigenvalue weighted by molar-refractivity contribution is 7.99. The third kappa shape index (κ3) is 2.52. The molecule has 2 aliphatic heterocycles. The van der Waals surface area contributed by atoms with Gasteiger partial charge in [0.2, 0.25) is 0 Å². The van der Waals surface area contributed by atoms with E-state index < -0.39 is 0 Å². The quantitative estimate of drug-likeness (QED) is 0.910. The van der Waals surface area contributed by atoms with E-state index in [1.807, 2.05) is 23.9 Å². The molecule has 0 spiro atoms. The summed E-state index contributed by atoms with van der Waals surface area (Å²) in [6, 6.07) is 8.28. The Morgan fingerprint density at radius 2 is 2.22 bits per heavy atom. The molecule has 0 amide bonds. The minimum Gasteiger partial charge on any atom is -0.493 e. The Kier molecular flexibility index (Phi) is 3.80. The molecule has 0 aromatic heterocycles. The van der Waals surface area contributed by atoms with Gasteiger partial charge in [-0.3, -0.25) is 0 Å². The Morgan fingerprint density at radius 1 is 1.33 bits per heavy atom. The van der Waals surface area contributed by atoms with Crippen LogP contribution in [-0.2, 0) is 0 Å². The molecule has 18 heavy (non-hydrogen) atoms. The van der Waals surface area contributed by atoms with Crippen LogP contribution < -0.4 is 4.74 Å². The minimum absolute atomic E-state index is 0.142. The zero-order chi connectivity index (χ0) is 12.4. The number of rotatable bonds is 3. The van der Waals surface area contributed by atoms with E-state index in [1.54, 1.807) is 0 Å².